The number of thioether (sulfide) groups is 2. The van der Waals surface area contributed by atoms with Crippen LogP contribution in [0.3, 0.4) is 0 Å². The molecule has 0 saturated carbocycles. The van der Waals surface area contributed by atoms with Gasteiger partial charge in [-0.05, 0) is 24.6 Å². The largest absolute Gasteiger partial charge is 0.465 e. The molecule has 0 heterocycles. The minimum absolute atomic E-state index is 0.0647. The van der Waals surface area contributed by atoms with Crippen LogP contribution in [0.15, 0.2) is 34.6 Å². The van der Waals surface area contributed by atoms with Crippen LogP contribution >= 0.6 is 23.5 Å². The van der Waals surface area contributed by atoms with E-state index in [1.54, 1.807) is 30.3 Å². The molecule has 1 aromatic rings. The normalized spacial score (nSPS) is 9.72. The van der Waals surface area contributed by atoms with Crippen molar-refractivity contribution >= 4 is 35.3 Å². The van der Waals surface area contributed by atoms with Crippen molar-refractivity contribution in [1.82, 2.24) is 0 Å². The Hall–Kier alpha value is -1.20. The molecule has 0 radical (unpaired) electrons. The molecule has 5 heteroatoms. The molecule has 0 saturated heterocycles. The number of methoxy groups -OCH3 is 1. The third kappa shape index (κ3) is 3.92. The van der Waals surface area contributed by atoms with E-state index in [0.717, 1.165) is 4.24 Å². The van der Waals surface area contributed by atoms with Crippen LogP contribution in [0.4, 0.5) is 0 Å². The maximum Gasteiger partial charge on any atom is 0.337 e. The van der Waals surface area contributed by atoms with Gasteiger partial charge in [-0.2, -0.15) is 0 Å². The van der Waals surface area contributed by atoms with Gasteiger partial charge >= 0.3 is 5.97 Å². The molecule has 18 heavy (non-hydrogen) atoms. The lowest BCUT2D eigenvalue weighted by Gasteiger charge is -2.01. The van der Waals surface area contributed by atoms with Gasteiger partial charge in [0.2, 0.25) is 0 Å². The van der Waals surface area contributed by atoms with Gasteiger partial charge in [0, 0.05) is 15.9 Å². The van der Waals surface area contributed by atoms with Gasteiger partial charge in [0.25, 0.3) is 0 Å². The second kappa shape index (κ2) is 7.28. The van der Waals surface area contributed by atoms with E-state index in [9.17, 15) is 9.59 Å². The van der Waals surface area contributed by atoms with Gasteiger partial charge in [0.05, 0.1) is 12.7 Å². The molecule has 0 unspecified atom stereocenters. The quantitative estimate of drug-likeness (QED) is 0.471. The van der Waals surface area contributed by atoms with Crippen LogP contribution in [0.25, 0.3) is 0 Å². The van der Waals surface area contributed by atoms with Gasteiger partial charge in [-0.25, -0.2) is 4.79 Å². The lowest BCUT2D eigenvalue weighted by atomic mass is 10.1. The topological polar surface area (TPSA) is 43.4 Å². The number of carbonyl (C=O) groups is 2. The van der Waals surface area contributed by atoms with Gasteiger partial charge in [-0.1, -0.05) is 12.1 Å². The van der Waals surface area contributed by atoms with Crippen molar-refractivity contribution in [3.05, 3.63) is 45.7 Å². The van der Waals surface area contributed by atoms with Crippen LogP contribution in [0, 0.1) is 0 Å². The molecule has 0 aliphatic carbocycles. The Balaban J connectivity index is 2.89. The fourth-order valence-electron chi connectivity index (χ4n) is 1.28. The summed E-state index contributed by atoms with van der Waals surface area (Å²) in [6, 6.07) is 6.43. The second-order valence-electron chi connectivity index (χ2n) is 3.30. The molecule has 0 amide bonds. The summed E-state index contributed by atoms with van der Waals surface area (Å²) in [5, 5.41) is 0. The standard InChI is InChI=1S/C13H14O3S2/c1-16-13(15)10-6-4-9(5-7-10)11(14)8-12(17-2)18-3/h4-8H,1-3H3. The molecule has 0 spiro atoms. The van der Waals surface area contributed by atoms with E-state index in [2.05, 4.69) is 4.74 Å². The fourth-order valence-corrected chi connectivity index (χ4v) is 2.40. The monoisotopic (exact) mass is 282 g/mol. The summed E-state index contributed by atoms with van der Waals surface area (Å²) in [4.78, 5) is 23.1. The molecule has 0 aliphatic rings. The second-order valence-corrected chi connectivity index (χ2v) is 5.26. The Labute approximate surface area is 115 Å². The molecule has 3 nitrogen and oxygen atoms in total. The Kier molecular flexibility index (Phi) is 6.01. The van der Waals surface area contributed by atoms with Crippen LogP contribution in [0.5, 0.6) is 0 Å². The highest BCUT2D eigenvalue weighted by atomic mass is 32.2. The number of rotatable bonds is 5. The van der Waals surface area contributed by atoms with Gasteiger partial charge in [0.1, 0.15) is 0 Å². The van der Waals surface area contributed by atoms with Crippen LogP contribution in [-0.2, 0) is 4.74 Å². The molecule has 96 valence electrons. The van der Waals surface area contributed by atoms with Gasteiger partial charge in [-0.3, -0.25) is 4.79 Å². The Bertz CT molecular complexity index is 458. The SMILES string of the molecule is COC(=O)c1ccc(C(=O)C=C(SC)SC)cc1. The van der Waals surface area contributed by atoms with Crippen molar-refractivity contribution in [2.24, 2.45) is 0 Å². The third-order valence-electron chi connectivity index (χ3n) is 2.24. The van der Waals surface area contributed by atoms with Crippen molar-refractivity contribution in [3.8, 4) is 0 Å². The summed E-state index contributed by atoms with van der Waals surface area (Å²) in [5.41, 5.74) is 0.997. The Morgan fingerprint density at radius 2 is 1.56 bits per heavy atom. The highest BCUT2D eigenvalue weighted by Crippen LogP contribution is 2.23. The number of ether oxygens (including phenoxy) is 1. The van der Waals surface area contributed by atoms with Gasteiger partial charge in [-0.15, -0.1) is 23.5 Å². The molecule has 0 N–H and O–H groups in total. The molecule has 0 fully saturated rings. The van der Waals surface area contributed by atoms with Crippen molar-refractivity contribution in [3.63, 3.8) is 0 Å². The summed E-state index contributed by atoms with van der Waals surface area (Å²) in [5.74, 6) is -0.469. The summed E-state index contributed by atoms with van der Waals surface area (Å²) < 4.78 is 5.55. The van der Waals surface area contributed by atoms with Crippen LogP contribution in [0.1, 0.15) is 20.7 Å². The zero-order chi connectivity index (χ0) is 13.5. The van der Waals surface area contributed by atoms with E-state index in [1.807, 2.05) is 12.5 Å². The summed E-state index contributed by atoms with van der Waals surface area (Å²) >= 11 is 3.07. The Morgan fingerprint density at radius 3 is 2.00 bits per heavy atom. The van der Waals surface area contributed by atoms with E-state index in [4.69, 9.17) is 0 Å². The highest BCUT2D eigenvalue weighted by Gasteiger charge is 2.08. The highest BCUT2D eigenvalue weighted by molar-refractivity contribution is 8.21. The van der Waals surface area contributed by atoms with E-state index in [-0.39, 0.29) is 5.78 Å². The van der Waals surface area contributed by atoms with Gasteiger partial charge in [0.15, 0.2) is 5.78 Å². The van der Waals surface area contributed by atoms with E-state index >= 15 is 0 Å². The average molecular weight is 282 g/mol. The minimum Gasteiger partial charge on any atom is -0.465 e. The Morgan fingerprint density at radius 1 is 1.06 bits per heavy atom. The third-order valence-corrected chi connectivity index (χ3v) is 4.28. The number of hydrogen-bond acceptors (Lipinski definition) is 5. The molecular formula is C13H14O3S2. The van der Waals surface area contributed by atoms with Crippen LogP contribution < -0.4 is 0 Å². The first-order valence-electron chi connectivity index (χ1n) is 5.14. The zero-order valence-corrected chi connectivity index (χ0v) is 12.1. The van der Waals surface area contributed by atoms with E-state index < -0.39 is 5.97 Å². The predicted molar refractivity (Wildman–Crippen MR) is 77.2 cm³/mol. The number of benzene rings is 1. The molecule has 0 aliphatic heterocycles. The average Bonchev–Trinajstić information content (AvgIpc) is 2.43. The van der Waals surface area contributed by atoms with E-state index in [0.29, 0.717) is 11.1 Å². The maximum absolute atomic E-state index is 11.9. The molecule has 1 rings (SSSR count). The van der Waals surface area contributed by atoms with Crippen molar-refractivity contribution in [2.75, 3.05) is 19.6 Å². The predicted octanol–water partition coefficient (Wildman–Crippen LogP) is 3.22. The van der Waals surface area contributed by atoms with Crippen molar-refractivity contribution in [1.29, 1.82) is 0 Å². The number of allylic oxidation sites excluding steroid dienone is 1. The number of esters is 1. The molecular weight excluding hydrogens is 268 g/mol. The first-order valence-corrected chi connectivity index (χ1v) is 7.59. The first kappa shape index (κ1) is 14.9. The summed E-state index contributed by atoms with van der Waals surface area (Å²) in [6.45, 7) is 0. The van der Waals surface area contributed by atoms with Crippen LogP contribution in [0.2, 0.25) is 0 Å². The van der Waals surface area contributed by atoms with E-state index in [1.165, 1.54) is 30.6 Å². The number of hydrogen-bond donors (Lipinski definition) is 0. The smallest absolute Gasteiger partial charge is 0.337 e. The van der Waals surface area contributed by atoms with Crippen molar-refractivity contribution in [2.45, 2.75) is 0 Å². The lowest BCUT2D eigenvalue weighted by molar-refractivity contribution is 0.0600. The summed E-state index contributed by atoms with van der Waals surface area (Å²) in [6.07, 6.45) is 5.45. The molecule has 0 atom stereocenters. The van der Waals surface area contributed by atoms with Crippen molar-refractivity contribution < 1.29 is 14.3 Å². The lowest BCUT2D eigenvalue weighted by Crippen LogP contribution is -2.02. The number of ketones is 1. The van der Waals surface area contributed by atoms with Gasteiger partial charge < -0.3 is 4.74 Å². The molecule has 0 aromatic heterocycles. The number of carbonyl (C=O) groups excluding carboxylic acids is 2. The fraction of sp³-hybridized carbons (Fsp3) is 0.231. The molecule has 0 bridgehead atoms. The zero-order valence-electron chi connectivity index (χ0n) is 10.4. The summed E-state index contributed by atoms with van der Waals surface area (Å²) in [7, 11) is 1.33. The molecule has 1 aromatic carbocycles. The van der Waals surface area contributed by atoms with Crippen LogP contribution in [-0.4, -0.2) is 31.4 Å². The maximum atomic E-state index is 11.9. The minimum atomic E-state index is -0.404. The first-order chi connectivity index (χ1) is 8.62.